The molecule has 0 aromatic heterocycles. The van der Waals surface area contributed by atoms with Crippen molar-refractivity contribution < 1.29 is 9.47 Å². The molecule has 0 spiro atoms. The summed E-state index contributed by atoms with van der Waals surface area (Å²) in [4.78, 5) is 0. The zero-order valence-electron chi connectivity index (χ0n) is 15.2. The molecule has 3 aromatic rings. The van der Waals surface area contributed by atoms with Crippen LogP contribution in [0.3, 0.4) is 0 Å². The zero-order valence-corrected chi connectivity index (χ0v) is 15.2. The fourth-order valence-electron chi connectivity index (χ4n) is 2.57. The maximum Gasteiger partial charge on any atom is 0.130 e. The van der Waals surface area contributed by atoms with Gasteiger partial charge in [0.05, 0.1) is 0 Å². The first kappa shape index (κ1) is 18.8. The topological polar surface area (TPSA) is 66.0 Å². The molecule has 28 heavy (non-hydrogen) atoms. The van der Waals surface area contributed by atoms with E-state index < -0.39 is 0 Å². The van der Waals surface area contributed by atoms with Crippen molar-refractivity contribution in [3.63, 3.8) is 0 Å². The molecule has 136 valence electrons. The molecule has 0 radical (unpaired) electrons. The molecule has 0 atom stereocenters. The lowest BCUT2D eigenvalue weighted by Crippen LogP contribution is -1.99. The third-order valence-electron chi connectivity index (χ3n) is 4.01. The molecule has 0 fully saturated rings. The van der Waals surface area contributed by atoms with Crippen molar-refractivity contribution in [1.29, 1.82) is 10.5 Å². The molecule has 0 aliphatic heterocycles. The molecular weight excluding hydrogens is 348 g/mol. The van der Waals surface area contributed by atoms with E-state index in [-0.39, 0.29) is 5.57 Å². The van der Waals surface area contributed by atoms with Crippen LogP contribution in [0.1, 0.15) is 16.7 Å². The SMILES string of the molecule is N#CC(C#N)=Cc1ccc(OCc2ccccc2)cc1OCc1ccccc1. The molecule has 3 aromatic carbocycles. The fourth-order valence-corrected chi connectivity index (χ4v) is 2.57. The molecular formula is C24H18N2O2. The van der Waals surface area contributed by atoms with Gasteiger partial charge in [-0.05, 0) is 29.3 Å². The second-order valence-electron chi connectivity index (χ2n) is 6.03. The van der Waals surface area contributed by atoms with Crippen molar-refractivity contribution in [3.8, 4) is 23.6 Å². The van der Waals surface area contributed by atoms with Gasteiger partial charge < -0.3 is 9.47 Å². The highest BCUT2D eigenvalue weighted by molar-refractivity contribution is 5.67. The highest BCUT2D eigenvalue weighted by Gasteiger charge is 2.07. The van der Waals surface area contributed by atoms with Gasteiger partial charge in [0.15, 0.2) is 0 Å². The van der Waals surface area contributed by atoms with Gasteiger partial charge in [-0.15, -0.1) is 0 Å². The number of nitrogens with zero attached hydrogens (tertiary/aromatic N) is 2. The summed E-state index contributed by atoms with van der Waals surface area (Å²) >= 11 is 0. The second-order valence-corrected chi connectivity index (χ2v) is 6.03. The summed E-state index contributed by atoms with van der Waals surface area (Å²) in [6, 6.07) is 28.8. The van der Waals surface area contributed by atoms with Gasteiger partial charge in [-0.1, -0.05) is 60.7 Å². The Bertz CT molecular complexity index is 1010. The minimum atomic E-state index is 0.0162. The van der Waals surface area contributed by atoms with Gasteiger partial charge in [0.1, 0.15) is 42.4 Å². The van der Waals surface area contributed by atoms with E-state index in [2.05, 4.69) is 0 Å². The highest BCUT2D eigenvalue weighted by atomic mass is 16.5. The van der Waals surface area contributed by atoms with Gasteiger partial charge in [-0.25, -0.2) is 0 Å². The van der Waals surface area contributed by atoms with E-state index in [9.17, 15) is 0 Å². The molecule has 0 bridgehead atoms. The van der Waals surface area contributed by atoms with E-state index in [1.807, 2.05) is 72.8 Å². The minimum Gasteiger partial charge on any atom is -0.489 e. The lowest BCUT2D eigenvalue weighted by atomic mass is 10.1. The molecule has 0 aliphatic rings. The average molecular weight is 366 g/mol. The summed E-state index contributed by atoms with van der Waals surface area (Å²) in [7, 11) is 0. The number of nitriles is 2. The molecule has 4 heteroatoms. The Labute approximate surface area is 164 Å². The second kappa shape index (κ2) is 9.62. The van der Waals surface area contributed by atoms with E-state index in [1.165, 1.54) is 6.08 Å². The molecule has 0 N–H and O–H groups in total. The largest absolute Gasteiger partial charge is 0.489 e. The first-order valence-electron chi connectivity index (χ1n) is 8.78. The van der Waals surface area contributed by atoms with Gasteiger partial charge in [-0.3, -0.25) is 0 Å². The number of benzene rings is 3. The normalized spacial score (nSPS) is 9.64. The van der Waals surface area contributed by atoms with E-state index in [1.54, 1.807) is 18.2 Å². The first-order chi connectivity index (χ1) is 13.8. The molecule has 0 amide bonds. The molecule has 3 rings (SSSR count). The standard InChI is InChI=1S/C24H18N2O2/c25-15-21(16-26)13-22-11-12-23(27-17-19-7-3-1-4-8-19)14-24(22)28-18-20-9-5-2-6-10-20/h1-14H,17-18H2. The van der Waals surface area contributed by atoms with Crippen LogP contribution in [0.15, 0.2) is 84.4 Å². The van der Waals surface area contributed by atoms with Crippen molar-refractivity contribution in [2.45, 2.75) is 13.2 Å². The highest BCUT2D eigenvalue weighted by Crippen LogP contribution is 2.28. The molecule has 4 nitrogen and oxygen atoms in total. The van der Waals surface area contributed by atoms with E-state index in [4.69, 9.17) is 20.0 Å². The van der Waals surface area contributed by atoms with Crippen LogP contribution in [0.25, 0.3) is 6.08 Å². The molecule has 0 saturated carbocycles. The predicted molar refractivity (Wildman–Crippen MR) is 107 cm³/mol. The fraction of sp³-hybridized carbons (Fsp3) is 0.0833. The lowest BCUT2D eigenvalue weighted by molar-refractivity contribution is 0.289. The van der Waals surface area contributed by atoms with Gasteiger partial charge in [-0.2, -0.15) is 10.5 Å². The average Bonchev–Trinajstić information content (AvgIpc) is 2.76. The van der Waals surface area contributed by atoms with Gasteiger partial charge in [0.2, 0.25) is 0 Å². The summed E-state index contributed by atoms with van der Waals surface area (Å²) in [5.41, 5.74) is 2.76. The predicted octanol–water partition coefficient (Wildman–Crippen LogP) is 5.28. The Balaban J connectivity index is 1.82. The van der Waals surface area contributed by atoms with Gasteiger partial charge >= 0.3 is 0 Å². The summed E-state index contributed by atoms with van der Waals surface area (Å²) < 4.78 is 11.8. The van der Waals surface area contributed by atoms with Crippen LogP contribution in [0.2, 0.25) is 0 Å². The Morgan fingerprint density at radius 2 is 1.32 bits per heavy atom. The van der Waals surface area contributed by atoms with Crippen molar-refractivity contribution in [2.75, 3.05) is 0 Å². The van der Waals surface area contributed by atoms with Crippen molar-refractivity contribution >= 4 is 6.08 Å². The van der Waals surface area contributed by atoms with Gasteiger partial charge in [0, 0.05) is 11.6 Å². The van der Waals surface area contributed by atoms with Crippen molar-refractivity contribution in [1.82, 2.24) is 0 Å². The number of hydrogen-bond donors (Lipinski definition) is 0. The summed E-state index contributed by atoms with van der Waals surface area (Å²) in [6.07, 6.45) is 1.52. The van der Waals surface area contributed by atoms with Crippen molar-refractivity contribution in [2.24, 2.45) is 0 Å². The van der Waals surface area contributed by atoms with E-state index in [0.717, 1.165) is 11.1 Å². The third kappa shape index (κ3) is 5.24. The van der Waals surface area contributed by atoms with E-state index >= 15 is 0 Å². The maximum absolute atomic E-state index is 9.04. The van der Waals surface area contributed by atoms with Crippen LogP contribution >= 0.6 is 0 Å². The van der Waals surface area contributed by atoms with Crippen LogP contribution in [-0.4, -0.2) is 0 Å². The Morgan fingerprint density at radius 1 is 0.750 bits per heavy atom. The van der Waals surface area contributed by atoms with Crippen LogP contribution in [0.4, 0.5) is 0 Å². The summed E-state index contributed by atoms with van der Waals surface area (Å²) in [5.74, 6) is 1.21. The maximum atomic E-state index is 9.04. The summed E-state index contributed by atoms with van der Waals surface area (Å²) in [5, 5.41) is 18.1. The number of rotatable bonds is 7. The monoisotopic (exact) mass is 366 g/mol. The van der Waals surface area contributed by atoms with E-state index in [0.29, 0.717) is 30.3 Å². The Kier molecular flexibility index (Phi) is 6.44. The quantitative estimate of drug-likeness (QED) is 0.534. The van der Waals surface area contributed by atoms with Crippen LogP contribution in [-0.2, 0) is 13.2 Å². The Morgan fingerprint density at radius 3 is 1.89 bits per heavy atom. The Hall–Kier alpha value is -4.02. The van der Waals surface area contributed by atoms with Crippen LogP contribution in [0.5, 0.6) is 11.5 Å². The first-order valence-corrected chi connectivity index (χ1v) is 8.78. The number of allylic oxidation sites excluding steroid dienone is 1. The third-order valence-corrected chi connectivity index (χ3v) is 4.01. The number of ether oxygens (including phenoxy) is 2. The molecule has 0 heterocycles. The molecule has 0 aliphatic carbocycles. The lowest BCUT2D eigenvalue weighted by Gasteiger charge is -2.13. The number of hydrogen-bond acceptors (Lipinski definition) is 4. The minimum absolute atomic E-state index is 0.0162. The van der Waals surface area contributed by atoms with Gasteiger partial charge in [0.25, 0.3) is 0 Å². The van der Waals surface area contributed by atoms with Crippen molar-refractivity contribution in [3.05, 3.63) is 101 Å². The van der Waals surface area contributed by atoms with Crippen LogP contribution in [0, 0.1) is 22.7 Å². The zero-order chi connectivity index (χ0) is 19.6. The molecule has 0 saturated heterocycles. The smallest absolute Gasteiger partial charge is 0.130 e. The summed E-state index contributed by atoms with van der Waals surface area (Å²) in [6.45, 7) is 0.814. The van der Waals surface area contributed by atoms with Crippen LogP contribution < -0.4 is 9.47 Å². The molecule has 0 unspecified atom stereocenters.